The van der Waals surface area contributed by atoms with E-state index >= 15 is 0 Å². The Balaban J connectivity index is 1.80. The van der Waals surface area contributed by atoms with Gasteiger partial charge in [0, 0.05) is 19.0 Å². The Morgan fingerprint density at radius 3 is 3.06 bits per heavy atom. The molecule has 1 heterocycles. The summed E-state index contributed by atoms with van der Waals surface area (Å²) in [5, 5.41) is 3.21. The molecule has 1 N–H and O–H groups in total. The zero-order valence-corrected chi connectivity index (χ0v) is 10.1. The molecule has 0 amide bonds. The van der Waals surface area contributed by atoms with Gasteiger partial charge in [-0.15, -0.1) is 0 Å². The first kappa shape index (κ1) is 12.8. The fourth-order valence-corrected chi connectivity index (χ4v) is 1.87. The second-order valence-corrected chi connectivity index (χ2v) is 4.25. The number of halogens is 1. The summed E-state index contributed by atoms with van der Waals surface area (Å²) in [7, 11) is 0. The van der Waals surface area contributed by atoms with Crippen LogP contribution in [0.5, 0.6) is 5.75 Å². The second-order valence-electron chi connectivity index (χ2n) is 4.25. The monoisotopic (exact) mass is 249 g/mol. The fourth-order valence-electron chi connectivity index (χ4n) is 1.87. The maximum absolute atomic E-state index is 12.9. The Bertz CT molecular complexity index is 457. The minimum atomic E-state index is -0.402. The van der Waals surface area contributed by atoms with Crippen LogP contribution >= 0.6 is 0 Å². The minimum absolute atomic E-state index is 0.263. The molecule has 1 aromatic carbocycles. The molecule has 3 nitrogen and oxygen atoms in total. The van der Waals surface area contributed by atoms with E-state index < -0.39 is 5.82 Å². The lowest BCUT2D eigenvalue weighted by Crippen LogP contribution is -2.21. The van der Waals surface area contributed by atoms with E-state index in [1.165, 1.54) is 23.8 Å². The summed E-state index contributed by atoms with van der Waals surface area (Å²) in [6.45, 7) is 1.83. The topological polar surface area (TPSA) is 38.3 Å². The standard InChI is InChI=1S/C14H16FNO2/c15-12-2-1-3-13(10-12)18-14(17)5-4-11-6-8-16-9-7-11/h1-3,6,10,16H,4-5,7-9H2. The lowest BCUT2D eigenvalue weighted by Gasteiger charge is -2.13. The quantitative estimate of drug-likeness (QED) is 0.506. The Labute approximate surface area is 106 Å². The number of carbonyl (C=O) groups is 1. The highest BCUT2D eigenvalue weighted by molar-refractivity contribution is 5.72. The number of benzene rings is 1. The van der Waals surface area contributed by atoms with Crippen LogP contribution in [-0.4, -0.2) is 19.1 Å². The van der Waals surface area contributed by atoms with Crippen molar-refractivity contribution in [3.05, 3.63) is 41.7 Å². The van der Waals surface area contributed by atoms with Crippen molar-refractivity contribution < 1.29 is 13.9 Å². The highest BCUT2D eigenvalue weighted by Crippen LogP contribution is 2.15. The van der Waals surface area contributed by atoms with Crippen LogP contribution in [-0.2, 0) is 4.79 Å². The SMILES string of the molecule is O=C(CCC1=CCNCC1)Oc1cccc(F)c1. The maximum atomic E-state index is 12.9. The number of esters is 1. The Kier molecular flexibility index (Phi) is 4.47. The van der Waals surface area contributed by atoms with Crippen molar-refractivity contribution >= 4 is 5.97 Å². The zero-order chi connectivity index (χ0) is 12.8. The molecule has 18 heavy (non-hydrogen) atoms. The molecule has 0 spiro atoms. The first-order chi connectivity index (χ1) is 8.74. The molecule has 0 saturated heterocycles. The Morgan fingerprint density at radius 2 is 2.33 bits per heavy atom. The first-order valence-corrected chi connectivity index (χ1v) is 6.09. The number of hydrogen-bond donors (Lipinski definition) is 1. The van der Waals surface area contributed by atoms with Gasteiger partial charge in [0.1, 0.15) is 11.6 Å². The first-order valence-electron chi connectivity index (χ1n) is 6.09. The molecule has 1 aliphatic rings. The van der Waals surface area contributed by atoms with Crippen molar-refractivity contribution in [2.24, 2.45) is 0 Å². The summed E-state index contributed by atoms with van der Waals surface area (Å²) in [5.74, 6) is -0.458. The second kappa shape index (κ2) is 6.31. The smallest absolute Gasteiger partial charge is 0.311 e. The molecule has 0 unspecified atom stereocenters. The van der Waals surface area contributed by atoms with Gasteiger partial charge in [-0.2, -0.15) is 0 Å². The highest BCUT2D eigenvalue weighted by Gasteiger charge is 2.09. The Morgan fingerprint density at radius 1 is 1.44 bits per heavy atom. The number of carbonyl (C=O) groups excluding carboxylic acids is 1. The van der Waals surface area contributed by atoms with Crippen LogP contribution in [0.15, 0.2) is 35.9 Å². The Hall–Kier alpha value is -1.68. The van der Waals surface area contributed by atoms with Gasteiger partial charge in [0.25, 0.3) is 0 Å². The van der Waals surface area contributed by atoms with Gasteiger partial charge in [0.15, 0.2) is 0 Å². The van der Waals surface area contributed by atoms with Crippen LogP contribution in [0.1, 0.15) is 19.3 Å². The van der Waals surface area contributed by atoms with E-state index in [9.17, 15) is 9.18 Å². The van der Waals surface area contributed by atoms with Crippen molar-refractivity contribution in [1.29, 1.82) is 0 Å². The molecular weight excluding hydrogens is 233 g/mol. The van der Waals surface area contributed by atoms with Crippen molar-refractivity contribution in [1.82, 2.24) is 5.32 Å². The minimum Gasteiger partial charge on any atom is -0.426 e. The van der Waals surface area contributed by atoms with E-state index in [-0.39, 0.29) is 11.7 Å². The predicted molar refractivity (Wildman–Crippen MR) is 66.8 cm³/mol. The molecular formula is C14H16FNO2. The van der Waals surface area contributed by atoms with Crippen molar-refractivity contribution in [3.8, 4) is 5.75 Å². The zero-order valence-electron chi connectivity index (χ0n) is 10.1. The lowest BCUT2D eigenvalue weighted by atomic mass is 10.0. The summed E-state index contributed by atoms with van der Waals surface area (Å²) < 4.78 is 18.0. The van der Waals surface area contributed by atoms with Gasteiger partial charge in [-0.3, -0.25) is 4.79 Å². The van der Waals surface area contributed by atoms with Crippen LogP contribution in [0, 0.1) is 5.82 Å². The fraction of sp³-hybridized carbons (Fsp3) is 0.357. The van der Waals surface area contributed by atoms with Crippen LogP contribution < -0.4 is 10.1 Å². The summed E-state index contributed by atoms with van der Waals surface area (Å²) in [4.78, 5) is 11.6. The molecule has 96 valence electrons. The van der Waals surface area contributed by atoms with Gasteiger partial charge < -0.3 is 10.1 Å². The molecule has 0 aliphatic carbocycles. The van der Waals surface area contributed by atoms with Crippen molar-refractivity contribution in [3.63, 3.8) is 0 Å². The molecule has 4 heteroatoms. The van der Waals surface area contributed by atoms with Crippen molar-refractivity contribution in [2.75, 3.05) is 13.1 Å². The van der Waals surface area contributed by atoms with E-state index in [0.29, 0.717) is 6.42 Å². The van der Waals surface area contributed by atoms with E-state index in [1.807, 2.05) is 0 Å². The number of rotatable bonds is 4. The molecule has 2 rings (SSSR count). The van der Waals surface area contributed by atoms with E-state index in [2.05, 4.69) is 11.4 Å². The highest BCUT2D eigenvalue weighted by atomic mass is 19.1. The van der Waals surface area contributed by atoms with Crippen molar-refractivity contribution in [2.45, 2.75) is 19.3 Å². The number of ether oxygens (including phenoxy) is 1. The summed E-state index contributed by atoms with van der Waals surface area (Å²) in [5.41, 5.74) is 1.28. The average Bonchev–Trinajstić information content (AvgIpc) is 2.38. The average molecular weight is 249 g/mol. The largest absolute Gasteiger partial charge is 0.426 e. The van der Waals surface area contributed by atoms with Gasteiger partial charge in [-0.05, 0) is 31.5 Å². The van der Waals surface area contributed by atoms with E-state index in [1.54, 1.807) is 6.07 Å². The molecule has 0 saturated carbocycles. The molecule has 0 radical (unpaired) electrons. The van der Waals surface area contributed by atoms with Crippen LogP contribution in [0.2, 0.25) is 0 Å². The van der Waals surface area contributed by atoms with Gasteiger partial charge in [-0.25, -0.2) is 4.39 Å². The summed E-state index contributed by atoms with van der Waals surface area (Å²) in [6, 6.07) is 5.62. The third kappa shape index (κ3) is 3.96. The molecule has 1 aromatic rings. The number of nitrogens with one attached hydrogen (secondary N) is 1. The van der Waals surface area contributed by atoms with Gasteiger partial charge >= 0.3 is 5.97 Å². The third-order valence-corrected chi connectivity index (χ3v) is 2.84. The maximum Gasteiger partial charge on any atom is 0.311 e. The predicted octanol–water partition coefficient (Wildman–Crippen LogP) is 2.43. The summed E-state index contributed by atoms with van der Waals surface area (Å²) in [6.07, 6.45) is 4.14. The molecule has 0 fully saturated rings. The molecule has 0 aromatic heterocycles. The third-order valence-electron chi connectivity index (χ3n) is 2.84. The lowest BCUT2D eigenvalue weighted by molar-refractivity contribution is -0.134. The van der Waals surface area contributed by atoms with E-state index in [0.717, 1.165) is 25.9 Å². The normalized spacial score (nSPS) is 15.1. The molecule has 1 aliphatic heterocycles. The van der Waals surface area contributed by atoms with E-state index in [4.69, 9.17) is 4.74 Å². The van der Waals surface area contributed by atoms with Crippen LogP contribution in [0.4, 0.5) is 4.39 Å². The van der Waals surface area contributed by atoms with Gasteiger partial charge in [0.05, 0.1) is 0 Å². The van der Waals surface area contributed by atoms with Crippen LogP contribution in [0.3, 0.4) is 0 Å². The number of hydrogen-bond acceptors (Lipinski definition) is 3. The summed E-state index contributed by atoms with van der Waals surface area (Å²) >= 11 is 0. The van der Waals surface area contributed by atoms with Crippen LogP contribution in [0.25, 0.3) is 0 Å². The molecule has 0 bridgehead atoms. The molecule has 0 atom stereocenters. The van der Waals surface area contributed by atoms with Gasteiger partial charge in [-0.1, -0.05) is 17.7 Å². The van der Waals surface area contributed by atoms with Gasteiger partial charge in [0.2, 0.25) is 0 Å².